The SMILES string of the molecule is Cc1cc2cccc(Oc3ccc(Cl)cc3)c2nc1C. The molecule has 0 atom stereocenters. The van der Waals surface area contributed by atoms with Gasteiger partial charge in [0.2, 0.25) is 0 Å². The number of hydrogen-bond donors (Lipinski definition) is 0. The number of halogens is 1. The second-order valence-corrected chi connectivity index (χ2v) is 5.21. The van der Waals surface area contributed by atoms with Gasteiger partial charge in [-0.1, -0.05) is 23.7 Å². The van der Waals surface area contributed by atoms with E-state index in [0.717, 1.165) is 28.1 Å². The molecule has 0 unspecified atom stereocenters. The van der Waals surface area contributed by atoms with Crippen LogP contribution in [0.1, 0.15) is 11.3 Å². The lowest BCUT2D eigenvalue weighted by Crippen LogP contribution is -1.92. The molecular formula is C17H14ClNO. The van der Waals surface area contributed by atoms with Gasteiger partial charge in [0, 0.05) is 16.1 Å². The maximum absolute atomic E-state index is 5.92. The Bertz CT molecular complexity index is 766. The van der Waals surface area contributed by atoms with E-state index in [4.69, 9.17) is 16.3 Å². The Morgan fingerprint density at radius 3 is 2.50 bits per heavy atom. The number of para-hydroxylation sites is 1. The molecule has 1 heterocycles. The largest absolute Gasteiger partial charge is 0.455 e. The molecule has 0 bridgehead atoms. The van der Waals surface area contributed by atoms with E-state index in [1.54, 1.807) is 0 Å². The Hall–Kier alpha value is -2.06. The first-order valence-corrected chi connectivity index (χ1v) is 6.82. The summed E-state index contributed by atoms with van der Waals surface area (Å²) < 4.78 is 5.92. The number of nitrogens with zero attached hydrogens (tertiary/aromatic N) is 1. The van der Waals surface area contributed by atoms with Gasteiger partial charge in [-0.3, -0.25) is 0 Å². The van der Waals surface area contributed by atoms with Crippen molar-refractivity contribution in [2.24, 2.45) is 0 Å². The normalized spacial score (nSPS) is 10.8. The quantitative estimate of drug-likeness (QED) is 0.637. The minimum absolute atomic E-state index is 0.694. The van der Waals surface area contributed by atoms with E-state index in [-0.39, 0.29) is 0 Å². The molecule has 0 fully saturated rings. The van der Waals surface area contributed by atoms with Crippen LogP contribution in [0.15, 0.2) is 48.5 Å². The minimum Gasteiger partial charge on any atom is -0.455 e. The van der Waals surface area contributed by atoms with Crippen molar-refractivity contribution < 1.29 is 4.74 Å². The average Bonchev–Trinajstić information content (AvgIpc) is 2.43. The van der Waals surface area contributed by atoms with E-state index in [0.29, 0.717) is 5.02 Å². The van der Waals surface area contributed by atoms with Crippen LogP contribution in [0.3, 0.4) is 0 Å². The fourth-order valence-electron chi connectivity index (χ4n) is 2.08. The Balaban J connectivity index is 2.07. The molecule has 0 N–H and O–H groups in total. The first-order valence-electron chi connectivity index (χ1n) is 6.44. The molecule has 0 aliphatic heterocycles. The van der Waals surface area contributed by atoms with Crippen molar-refractivity contribution in [1.82, 2.24) is 4.98 Å². The summed E-state index contributed by atoms with van der Waals surface area (Å²) >= 11 is 5.88. The van der Waals surface area contributed by atoms with E-state index in [1.165, 1.54) is 5.56 Å². The molecule has 1 aromatic heterocycles. The summed E-state index contributed by atoms with van der Waals surface area (Å²) in [5.41, 5.74) is 3.08. The molecule has 20 heavy (non-hydrogen) atoms. The number of ether oxygens (including phenoxy) is 1. The predicted molar refractivity (Wildman–Crippen MR) is 82.7 cm³/mol. The molecule has 0 spiro atoms. The third kappa shape index (κ3) is 2.47. The molecule has 3 aromatic rings. The van der Waals surface area contributed by atoms with Gasteiger partial charge < -0.3 is 4.74 Å². The molecular weight excluding hydrogens is 270 g/mol. The van der Waals surface area contributed by atoms with Crippen LogP contribution in [-0.2, 0) is 0 Å². The summed E-state index contributed by atoms with van der Waals surface area (Å²) in [6.07, 6.45) is 0. The van der Waals surface area contributed by atoms with Gasteiger partial charge in [-0.05, 0) is 55.8 Å². The molecule has 0 aliphatic rings. The van der Waals surface area contributed by atoms with Crippen molar-refractivity contribution in [2.45, 2.75) is 13.8 Å². The topological polar surface area (TPSA) is 22.1 Å². The van der Waals surface area contributed by atoms with Crippen LogP contribution in [0, 0.1) is 13.8 Å². The van der Waals surface area contributed by atoms with Crippen molar-refractivity contribution in [1.29, 1.82) is 0 Å². The van der Waals surface area contributed by atoms with Gasteiger partial charge >= 0.3 is 0 Å². The predicted octanol–water partition coefficient (Wildman–Crippen LogP) is 5.30. The first kappa shape index (κ1) is 12.9. The van der Waals surface area contributed by atoms with Crippen LogP contribution >= 0.6 is 11.6 Å². The van der Waals surface area contributed by atoms with Gasteiger partial charge in [0.15, 0.2) is 5.75 Å². The van der Waals surface area contributed by atoms with Crippen LogP contribution in [0.25, 0.3) is 10.9 Å². The van der Waals surface area contributed by atoms with Gasteiger partial charge in [-0.2, -0.15) is 0 Å². The molecule has 0 saturated heterocycles. The highest BCUT2D eigenvalue weighted by Gasteiger charge is 2.07. The number of aromatic nitrogens is 1. The minimum atomic E-state index is 0.694. The molecule has 100 valence electrons. The summed E-state index contributed by atoms with van der Waals surface area (Å²) in [6.45, 7) is 4.07. The van der Waals surface area contributed by atoms with Crippen LogP contribution in [-0.4, -0.2) is 4.98 Å². The zero-order valence-electron chi connectivity index (χ0n) is 11.4. The van der Waals surface area contributed by atoms with Crippen molar-refractivity contribution in [3.05, 3.63) is 64.8 Å². The Labute approximate surface area is 123 Å². The lowest BCUT2D eigenvalue weighted by molar-refractivity contribution is 0.487. The smallest absolute Gasteiger partial charge is 0.153 e. The molecule has 3 heteroatoms. The summed E-state index contributed by atoms with van der Waals surface area (Å²) in [6, 6.07) is 15.4. The van der Waals surface area contributed by atoms with E-state index in [9.17, 15) is 0 Å². The highest BCUT2D eigenvalue weighted by atomic mass is 35.5. The van der Waals surface area contributed by atoms with Gasteiger partial charge in [0.25, 0.3) is 0 Å². The van der Waals surface area contributed by atoms with E-state index in [2.05, 4.69) is 18.0 Å². The molecule has 2 nitrogen and oxygen atoms in total. The number of aryl methyl sites for hydroxylation is 2. The lowest BCUT2D eigenvalue weighted by atomic mass is 10.1. The summed E-state index contributed by atoms with van der Waals surface area (Å²) in [5.74, 6) is 1.51. The number of fused-ring (bicyclic) bond motifs is 1. The first-order chi connectivity index (χ1) is 9.63. The molecule has 0 saturated carbocycles. The van der Waals surface area contributed by atoms with E-state index in [1.807, 2.05) is 49.4 Å². The van der Waals surface area contributed by atoms with Crippen molar-refractivity contribution in [3.8, 4) is 11.5 Å². The fourth-order valence-corrected chi connectivity index (χ4v) is 2.21. The number of rotatable bonds is 2. The Kier molecular flexibility index (Phi) is 3.33. The highest BCUT2D eigenvalue weighted by molar-refractivity contribution is 6.30. The zero-order valence-corrected chi connectivity index (χ0v) is 12.1. The second-order valence-electron chi connectivity index (χ2n) is 4.77. The summed E-state index contributed by atoms with van der Waals surface area (Å²) in [7, 11) is 0. The van der Waals surface area contributed by atoms with E-state index < -0.39 is 0 Å². The summed E-state index contributed by atoms with van der Waals surface area (Å²) in [4.78, 5) is 4.64. The van der Waals surface area contributed by atoms with Crippen LogP contribution in [0.2, 0.25) is 5.02 Å². The molecule has 0 radical (unpaired) electrons. The standard InChI is InChI=1S/C17H14ClNO/c1-11-10-13-4-3-5-16(17(13)19-12(11)2)20-15-8-6-14(18)7-9-15/h3-10H,1-2H3. The third-order valence-corrected chi connectivity index (χ3v) is 3.55. The van der Waals surface area contributed by atoms with Gasteiger partial charge in [-0.25, -0.2) is 4.98 Å². The third-order valence-electron chi connectivity index (χ3n) is 3.29. The van der Waals surface area contributed by atoms with Crippen LogP contribution in [0.4, 0.5) is 0 Å². The van der Waals surface area contributed by atoms with Gasteiger partial charge in [0.1, 0.15) is 11.3 Å². The van der Waals surface area contributed by atoms with Crippen LogP contribution in [0.5, 0.6) is 11.5 Å². The summed E-state index contributed by atoms with van der Waals surface area (Å²) in [5, 5.41) is 1.78. The number of hydrogen-bond acceptors (Lipinski definition) is 2. The van der Waals surface area contributed by atoms with E-state index >= 15 is 0 Å². The fraction of sp³-hybridized carbons (Fsp3) is 0.118. The molecule has 3 rings (SSSR count). The maximum Gasteiger partial charge on any atom is 0.153 e. The second kappa shape index (κ2) is 5.14. The van der Waals surface area contributed by atoms with Crippen molar-refractivity contribution in [3.63, 3.8) is 0 Å². The van der Waals surface area contributed by atoms with Crippen molar-refractivity contribution in [2.75, 3.05) is 0 Å². The van der Waals surface area contributed by atoms with Gasteiger partial charge in [-0.15, -0.1) is 0 Å². The molecule has 2 aromatic carbocycles. The zero-order chi connectivity index (χ0) is 14.1. The number of pyridine rings is 1. The molecule has 0 amide bonds. The number of benzene rings is 2. The Morgan fingerprint density at radius 1 is 1.00 bits per heavy atom. The van der Waals surface area contributed by atoms with Crippen molar-refractivity contribution >= 4 is 22.5 Å². The van der Waals surface area contributed by atoms with Crippen LogP contribution < -0.4 is 4.74 Å². The Morgan fingerprint density at radius 2 is 1.75 bits per heavy atom. The molecule has 0 aliphatic carbocycles. The lowest BCUT2D eigenvalue weighted by Gasteiger charge is -2.10. The highest BCUT2D eigenvalue weighted by Crippen LogP contribution is 2.30. The average molecular weight is 284 g/mol. The monoisotopic (exact) mass is 283 g/mol. The maximum atomic E-state index is 5.92. The van der Waals surface area contributed by atoms with Gasteiger partial charge in [0.05, 0.1) is 0 Å².